The predicted molar refractivity (Wildman–Crippen MR) is 106 cm³/mol. The van der Waals surface area contributed by atoms with Gasteiger partial charge < -0.3 is 15.0 Å². The molecule has 7 heteroatoms. The molecule has 1 N–H and O–H groups in total. The molecule has 4 nitrogen and oxygen atoms in total. The van der Waals surface area contributed by atoms with Crippen molar-refractivity contribution in [1.82, 2.24) is 10.2 Å². The molecule has 3 atom stereocenters. The van der Waals surface area contributed by atoms with Crippen molar-refractivity contribution in [3.8, 4) is 0 Å². The summed E-state index contributed by atoms with van der Waals surface area (Å²) in [6.07, 6.45) is 5.02. The largest absolute Gasteiger partial charge is 0.354 e. The molecule has 0 bridgehead atoms. The number of halogens is 3. The van der Waals surface area contributed by atoms with E-state index in [1.807, 2.05) is 6.07 Å². The predicted octanol–water partition coefficient (Wildman–Crippen LogP) is 4.39. The van der Waals surface area contributed by atoms with E-state index >= 15 is 0 Å². The van der Waals surface area contributed by atoms with Gasteiger partial charge in [-0.1, -0.05) is 59.4 Å². The van der Waals surface area contributed by atoms with Crippen LogP contribution in [-0.2, 0) is 4.74 Å². The van der Waals surface area contributed by atoms with Gasteiger partial charge in [0.1, 0.15) is 0 Å². The number of alkyl halides is 3. The minimum Gasteiger partial charge on any atom is -0.354 e. The zero-order chi connectivity index (χ0) is 18.6. The number of hydrogen-bond acceptors (Lipinski definition) is 3. The van der Waals surface area contributed by atoms with Gasteiger partial charge in [0.05, 0.1) is 6.61 Å². The summed E-state index contributed by atoms with van der Waals surface area (Å²) < 4.78 is 4.20. The summed E-state index contributed by atoms with van der Waals surface area (Å²) in [5, 5.41) is 2.71. The number of nitrogens with one attached hydrogen (secondary N) is 1. The Morgan fingerprint density at radius 1 is 1.15 bits per heavy atom. The number of nitrogens with zero attached hydrogens (tertiary/aromatic N) is 1. The van der Waals surface area contributed by atoms with Gasteiger partial charge in [0.25, 0.3) is 5.91 Å². The zero-order valence-electron chi connectivity index (χ0n) is 14.7. The molecule has 1 aromatic carbocycles. The second-order valence-electron chi connectivity index (χ2n) is 7.10. The zero-order valence-corrected chi connectivity index (χ0v) is 16.9. The third-order valence-corrected chi connectivity index (χ3v) is 5.90. The molecule has 1 aromatic rings. The van der Waals surface area contributed by atoms with Crippen molar-refractivity contribution < 1.29 is 9.53 Å². The van der Waals surface area contributed by atoms with Crippen molar-refractivity contribution in [3.05, 3.63) is 35.9 Å². The van der Waals surface area contributed by atoms with Crippen LogP contribution < -0.4 is 5.32 Å². The smallest absolute Gasteiger partial charge is 0.253 e. The van der Waals surface area contributed by atoms with Crippen molar-refractivity contribution >= 4 is 40.7 Å². The van der Waals surface area contributed by atoms with E-state index in [9.17, 15) is 4.79 Å². The number of piperidine rings is 2. The second kappa shape index (κ2) is 9.11. The Balaban J connectivity index is 1.61. The molecule has 26 heavy (non-hydrogen) atoms. The first-order valence-electron chi connectivity index (χ1n) is 9.23. The summed E-state index contributed by atoms with van der Waals surface area (Å²) in [5.41, 5.74) is 0.506. The molecule has 1 unspecified atom stereocenters. The molecular weight excluding hydrogens is 395 g/mol. The Hall–Kier alpha value is -0.520. The van der Waals surface area contributed by atoms with E-state index in [1.54, 1.807) is 24.3 Å². The molecule has 2 fully saturated rings. The highest BCUT2D eigenvalue weighted by Crippen LogP contribution is 2.34. The van der Waals surface area contributed by atoms with E-state index in [2.05, 4.69) is 10.2 Å². The average molecular weight is 420 g/mol. The highest BCUT2D eigenvalue weighted by Gasteiger charge is 2.38. The van der Waals surface area contributed by atoms with E-state index in [1.165, 1.54) is 38.8 Å². The van der Waals surface area contributed by atoms with E-state index in [0.29, 0.717) is 24.1 Å². The molecule has 3 rings (SSSR count). The van der Waals surface area contributed by atoms with Crippen molar-refractivity contribution in [1.29, 1.82) is 0 Å². The van der Waals surface area contributed by atoms with Gasteiger partial charge in [0, 0.05) is 11.6 Å². The lowest BCUT2D eigenvalue weighted by atomic mass is 9.84. The van der Waals surface area contributed by atoms with E-state index in [-0.39, 0.29) is 5.91 Å². The number of benzene rings is 1. The third-order valence-electron chi connectivity index (χ3n) is 5.30. The van der Waals surface area contributed by atoms with Crippen molar-refractivity contribution in [2.24, 2.45) is 5.92 Å². The second-order valence-corrected chi connectivity index (χ2v) is 9.46. The topological polar surface area (TPSA) is 41.6 Å². The highest BCUT2D eigenvalue weighted by atomic mass is 35.6. The summed E-state index contributed by atoms with van der Waals surface area (Å²) in [4.78, 5) is 15.0. The van der Waals surface area contributed by atoms with Gasteiger partial charge in [-0.25, -0.2) is 0 Å². The lowest BCUT2D eigenvalue weighted by molar-refractivity contribution is -0.0325. The first kappa shape index (κ1) is 20.2. The molecule has 0 saturated carbocycles. The fourth-order valence-corrected chi connectivity index (χ4v) is 4.35. The van der Waals surface area contributed by atoms with Crippen LogP contribution in [0, 0.1) is 5.92 Å². The molecule has 2 heterocycles. The fraction of sp³-hybridized carbons (Fsp3) is 0.632. The monoisotopic (exact) mass is 418 g/mol. The molecule has 0 aromatic heterocycles. The van der Waals surface area contributed by atoms with Gasteiger partial charge in [0.2, 0.25) is 3.79 Å². The minimum atomic E-state index is -1.73. The Morgan fingerprint density at radius 2 is 1.88 bits per heavy atom. The quantitative estimate of drug-likeness (QED) is 0.568. The number of ether oxygens (including phenoxy) is 1. The third kappa shape index (κ3) is 5.26. The van der Waals surface area contributed by atoms with Crippen LogP contribution in [0.4, 0.5) is 0 Å². The number of amides is 1. The number of hydrogen-bond donors (Lipinski definition) is 1. The standard InChI is InChI=1S/C19H25Cl3N2O2/c20-19(21,22)18(23-17(25)14-7-2-1-3-8-14)26-13-15-9-6-12-24-11-5-4-10-16(15)24/h1-3,7-8,15-16,18H,4-6,9-13H2,(H,23,25)/t15-,16+,18?/m0/s1. The highest BCUT2D eigenvalue weighted by molar-refractivity contribution is 6.68. The molecular formula is C19H25Cl3N2O2. The molecule has 0 spiro atoms. The molecule has 2 aliphatic heterocycles. The SMILES string of the molecule is O=C(NC(OC[C@@H]1CCCN2CCCC[C@H]12)C(Cl)(Cl)Cl)c1ccccc1. The van der Waals surface area contributed by atoms with Crippen LogP contribution in [0.25, 0.3) is 0 Å². The lowest BCUT2D eigenvalue weighted by Crippen LogP contribution is -2.51. The van der Waals surface area contributed by atoms with E-state index < -0.39 is 10.0 Å². The molecule has 0 aliphatic carbocycles. The molecule has 0 radical (unpaired) electrons. The van der Waals surface area contributed by atoms with E-state index in [4.69, 9.17) is 39.5 Å². The van der Waals surface area contributed by atoms with Crippen LogP contribution in [0.5, 0.6) is 0 Å². The Morgan fingerprint density at radius 3 is 2.62 bits per heavy atom. The van der Waals surface area contributed by atoms with Crippen LogP contribution in [0.1, 0.15) is 42.5 Å². The summed E-state index contributed by atoms with van der Waals surface area (Å²) in [6.45, 7) is 2.81. The van der Waals surface area contributed by atoms with Crippen LogP contribution in [0.2, 0.25) is 0 Å². The number of carbonyl (C=O) groups is 1. The van der Waals surface area contributed by atoms with Crippen LogP contribution >= 0.6 is 34.8 Å². The van der Waals surface area contributed by atoms with E-state index in [0.717, 1.165) is 6.42 Å². The van der Waals surface area contributed by atoms with Gasteiger partial charge >= 0.3 is 0 Å². The van der Waals surface area contributed by atoms with Crippen LogP contribution in [-0.4, -0.2) is 46.6 Å². The fourth-order valence-electron chi connectivity index (χ4n) is 4.00. The summed E-state index contributed by atoms with van der Waals surface area (Å²) in [5.74, 6) is 0.0948. The maximum atomic E-state index is 12.4. The maximum absolute atomic E-state index is 12.4. The van der Waals surface area contributed by atoms with Gasteiger partial charge in [-0.05, 0) is 56.8 Å². The molecule has 2 saturated heterocycles. The normalized spacial score (nSPS) is 25.3. The summed E-state index contributed by atoms with van der Waals surface area (Å²) in [6, 6.07) is 9.40. The van der Waals surface area contributed by atoms with Crippen molar-refractivity contribution in [2.45, 2.75) is 48.2 Å². The van der Waals surface area contributed by atoms with Gasteiger partial charge in [-0.2, -0.15) is 0 Å². The first-order chi connectivity index (χ1) is 12.4. The number of fused-ring (bicyclic) bond motifs is 1. The van der Waals surface area contributed by atoms with Crippen molar-refractivity contribution in [3.63, 3.8) is 0 Å². The van der Waals surface area contributed by atoms with Crippen LogP contribution in [0.15, 0.2) is 30.3 Å². The Kier molecular flexibility index (Phi) is 7.09. The van der Waals surface area contributed by atoms with Gasteiger partial charge in [0.15, 0.2) is 6.23 Å². The molecule has 1 amide bonds. The average Bonchev–Trinajstić information content (AvgIpc) is 2.64. The Bertz CT molecular complexity index is 592. The first-order valence-corrected chi connectivity index (χ1v) is 10.4. The Labute approximate surface area is 170 Å². The number of carbonyl (C=O) groups excluding carboxylic acids is 1. The maximum Gasteiger partial charge on any atom is 0.253 e. The summed E-state index contributed by atoms with van der Waals surface area (Å²) >= 11 is 18.2. The van der Waals surface area contributed by atoms with Crippen molar-refractivity contribution in [2.75, 3.05) is 19.7 Å². The molecule has 144 valence electrons. The summed E-state index contributed by atoms with van der Waals surface area (Å²) in [7, 11) is 0. The van der Waals surface area contributed by atoms with Gasteiger partial charge in [-0.3, -0.25) is 4.79 Å². The minimum absolute atomic E-state index is 0.315. The number of rotatable bonds is 5. The van der Waals surface area contributed by atoms with Crippen LogP contribution in [0.3, 0.4) is 0 Å². The lowest BCUT2D eigenvalue weighted by Gasteiger charge is -2.44. The van der Waals surface area contributed by atoms with Gasteiger partial charge in [-0.15, -0.1) is 0 Å². The molecule has 2 aliphatic rings.